The quantitative estimate of drug-likeness (QED) is 0.799. The van der Waals surface area contributed by atoms with E-state index in [1.54, 1.807) is 0 Å². The molecule has 0 bridgehead atoms. The largest absolute Gasteiger partial charge is 0.419 e. The summed E-state index contributed by atoms with van der Waals surface area (Å²) in [5, 5.41) is 5.59. The minimum atomic E-state index is -4.74. The molecule has 0 spiro atoms. The molecule has 0 aliphatic heterocycles. The molecule has 0 saturated heterocycles. The summed E-state index contributed by atoms with van der Waals surface area (Å²) < 4.78 is 50.3. The fourth-order valence-corrected chi connectivity index (χ4v) is 1.46. The van der Waals surface area contributed by atoms with Crippen molar-refractivity contribution in [2.24, 2.45) is 0 Å². The molecule has 2 aromatic rings. The van der Waals surface area contributed by atoms with Crippen LogP contribution in [0, 0.1) is 5.82 Å². The molecule has 18 heavy (non-hydrogen) atoms. The van der Waals surface area contributed by atoms with Crippen molar-refractivity contribution in [2.75, 3.05) is 0 Å². The lowest BCUT2D eigenvalue weighted by Crippen LogP contribution is -2.08. The average Bonchev–Trinajstić information content (AvgIpc) is 2.27. The number of aromatic amines is 1. The van der Waals surface area contributed by atoms with Gasteiger partial charge in [-0.15, -0.1) is 0 Å². The molecule has 7 heteroatoms. The molecule has 1 heterocycles. The normalized spacial score (nSPS) is 11.6. The summed E-state index contributed by atoms with van der Waals surface area (Å²) in [7, 11) is 0. The number of nitrogens with one attached hydrogen (secondary N) is 1. The summed E-state index contributed by atoms with van der Waals surface area (Å²) in [4.78, 5) is 11.0. The van der Waals surface area contributed by atoms with Gasteiger partial charge in [-0.25, -0.2) is 9.49 Å². The Labute approximate surface area is 98.1 Å². The van der Waals surface area contributed by atoms with E-state index in [-0.39, 0.29) is 11.1 Å². The molecule has 0 fully saturated rings. The lowest BCUT2D eigenvalue weighted by Gasteiger charge is -2.09. The molecule has 1 aromatic heterocycles. The number of benzene rings is 1. The lowest BCUT2D eigenvalue weighted by atomic mass is 10.1. The van der Waals surface area contributed by atoms with Gasteiger partial charge >= 0.3 is 6.18 Å². The predicted octanol–water partition coefficient (Wildman–Crippen LogP) is 2.59. The minimum absolute atomic E-state index is 0.152. The molecule has 0 amide bonds. The van der Waals surface area contributed by atoms with Crippen molar-refractivity contribution in [2.45, 2.75) is 6.18 Å². The molecule has 0 atom stereocenters. The van der Waals surface area contributed by atoms with Gasteiger partial charge in [-0.1, -0.05) is 6.07 Å². The fraction of sp³-hybridized carbons (Fsp3) is 0.0909. The Bertz CT molecular complexity index is 633. The van der Waals surface area contributed by atoms with E-state index in [0.29, 0.717) is 6.07 Å². The molecule has 3 nitrogen and oxygen atoms in total. The summed E-state index contributed by atoms with van der Waals surface area (Å²) in [5.41, 5.74) is -1.47. The van der Waals surface area contributed by atoms with Gasteiger partial charge in [-0.2, -0.15) is 18.3 Å². The van der Waals surface area contributed by atoms with Crippen molar-refractivity contribution in [3.63, 3.8) is 0 Å². The number of alkyl halides is 3. The number of H-pyrrole nitrogens is 1. The van der Waals surface area contributed by atoms with E-state index in [9.17, 15) is 22.4 Å². The van der Waals surface area contributed by atoms with Crippen LogP contribution >= 0.6 is 0 Å². The van der Waals surface area contributed by atoms with Crippen LogP contribution in [0.1, 0.15) is 5.56 Å². The molecule has 0 radical (unpaired) electrons. The van der Waals surface area contributed by atoms with Gasteiger partial charge in [0.1, 0.15) is 5.82 Å². The first kappa shape index (κ1) is 12.3. The Balaban J connectivity index is 2.50. The highest BCUT2D eigenvalue weighted by molar-refractivity contribution is 5.62. The molecule has 1 N–H and O–H groups in total. The molecule has 0 aliphatic rings. The van der Waals surface area contributed by atoms with Crippen LogP contribution in [0.15, 0.2) is 35.3 Å². The number of rotatable bonds is 1. The van der Waals surface area contributed by atoms with Crippen LogP contribution in [0.4, 0.5) is 17.6 Å². The SMILES string of the molecule is O=c1cc(-c2ccc(C(F)(F)F)c(F)c2)cn[nH]1. The smallest absolute Gasteiger partial charge is 0.268 e. The molecule has 0 unspecified atom stereocenters. The van der Waals surface area contributed by atoms with Gasteiger partial charge in [-0.05, 0) is 17.7 Å². The van der Waals surface area contributed by atoms with Crippen LogP contribution in [-0.2, 0) is 6.18 Å². The molecule has 1 aromatic carbocycles. The second-order valence-corrected chi connectivity index (χ2v) is 3.53. The van der Waals surface area contributed by atoms with Crippen molar-refractivity contribution in [1.29, 1.82) is 0 Å². The third-order valence-corrected chi connectivity index (χ3v) is 2.27. The van der Waals surface area contributed by atoms with E-state index < -0.39 is 23.1 Å². The van der Waals surface area contributed by atoms with Gasteiger partial charge in [-0.3, -0.25) is 4.79 Å². The zero-order valence-electron chi connectivity index (χ0n) is 8.75. The molecular formula is C11H6F4N2O. The van der Waals surface area contributed by atoms with Crippen molar-refractivity contribution in [1.82, 2.24) is 10.2 Å². The average molecular weight is 258 g/mol. The first-order valence-electron chi connectivity index (χ1n) is 4.80. The maximum Gasteiger partial charge on any atom is 0.419 e. The second-order valence-electron chi connectivity index (χ2n) is 3.53. The highest BCUT2D eigenvalue weighted by atomic mass is 19.4. The van der Waals surface area contributed by atoms with E-state index in [1.807, 2.05) is 0 Å². The van der Waals surface area contributed by atoms with Crippen LogP contribution in [-0.4, -0.2) is 10.2 Å². The predicted molar refractivity (Wildman–Crippen MR) is 55.3 cm³/mol. The van der Waals surface area contributed by atoms with Crippen LogP contribution in [0.3, 0.4) is 0 Å². The van der Waals surface area contributed by atoms with Gasteiger partial charge in [0.05, 0.1) is 11.8 Å². The van der Waals surface area contributed by atoms with Crippen LogP contribution in [0.2, 0.25) is 0 Å². The van der Waals surface area contributed by atoms with E-state index in [4.69, 9.17) is 0 Å². The van der Waals surface area contributed by atoms with E-state index in [2.05, 4.69) is 10.2 Å². The number of halogens is 4. The van der Waals surface area contributed by atoms with Crippen molar-refractivity contribution >= 4 is 0 Å². The maximum atomic E-state index is 13.3. The van der Waals surface area contributed by atoms with E-state index in [1.165, 1.54) is 6.20 Å². The third kappa shape index (κ3) is 2.39. The van der Waals surface area contributed by atoms with Crippen LogP contribution in [0.5, 0.6) is 0 Å². The highest BCUT2D eigenvalue weighted by Crippen LogP contribution is 2.33. The Hall–Kier alpha value is -2.18. The van der Waals surface area contributed by atoms with Gasteiger partial charge < -0.3 is 0 Å². The van der Waals surface area contributed by atoms with E-state index >= 15 is 0 Å². The third-order valence-electron chi connectivity index (χ3n) is 2.27. The Morgan fingerprint density at radius 1 is 1.11 bits per heavy atom. The maximum absolute atomic E-state index is 13.3. The van der Waals surface area contributed by atoms with Crippen molar-refractivity contribution < 1.29 is 17.6 Å². The standard InChI is InChI=1S/C11H6F4N2O/c12-9-3-6(1-2-8(9)11(13,14)15)7-4-10(18)17-16-5-7/h1-5H,(H,17,18). The summed E-state index contributed by atoms with van der Waals surface area (Å²) in [5.74, 6) is -1.39. The Morgan fingerprint density at radius 3 is 2.39 bits per heavy atom. The lowest BCUT2D eigenvalue weighted by molar-refractivity contribution is -0.139. The molecule has 0 aliphatic carbocycles. The Kier molecular flexibility index (Phi) is 2.90. The van der Waals surface area contributed by atoms with Gasteiger partial charge in [0, 0.05) is 11.6 Å². The van der Waals surface area contributed by atoms with Gasteiger partial charge in [0.15, 0.2) is 0 Å². The monoisotopic (exact) mass is 258 g/mol. The topological polar surface area (TPSA) is 45.8 Å². The number of hydrogen-bond acceptors (Lipinski definition) is 2. The summed E-state index contributed by atoms with van der Waals surface area (Å²) >= 11 is 0. The van der Waals surface area contributed by atoms with Gasteiger partial charge in [0.2, 0.25) is 0 Å². The number of aromatic nitrogens is 2. The summed E-state index contributed by atoms with van der Waals surface area (Å²) in [6.45, 7) is 0. The zero-order chi connectivity index (χ0) is 13.3. The molecule has 2 rings (SSSR count). The highest BCUT2D eigenvalue weighted by Gasteiger charge is 2.33. The van der Waals surface area contributed by atoms with Gasteiger partial charge in [0.25, 0.3) is 5.56 Å². The zero-order valence-corrected chi connectivity index (χ0v) is 8.75. The second kappa shape index (κ2) is 4.25. The molecule has 0 saturated carbocycles. The fourth-order valence-electron chi connectivity index (χ4n) is 1.46. The summed E-state index contributed by atoms with van der Waals surface area (Å²) in [6, 6.07) is 3.56. The van der Waals surface area contributed by atoms with Crippen molar-refractivity contribution in [3.05, 3.63) is 52.2 Å². The first-order valence-corrected chi connectivity index (χ1v) is 4.80. The van der Waals surface area contributed by atoms with E-state index in [0.717, 1.165) is 18.2 Å². The molecule has 94 valence electrons. The van der Waals surface area contributed by atoms with Crippen LogP contribution in [0.25, 0.3) is 11.1 Å². The number of hydrogen-bond donors (Lipinski definition) is 1. The summed E-state index contributed by atoms with van der Waals surface area (Å²) in [6.07, 6.45) is -3.52. The molecular weight excluding hydrogens is 252 g/mol. The number of nitrogens with zero attached hydrogens (tertiary/aromatic N) is 1. The minimum Gasteiger partial charge on any atom is -0.268 e. The Morgan fingerprint density at radius 2 is 1.83 bits per heavy atom. The van der Waals surface area contributed by atoms with Crippen LogP contribution < -0.4 is 5.56 Å². The first-order chi connectivity index (χ1) is 8.38. The van der Waals surface area contributed by atoms with Crippen molar-refractivity contribution in [3.8, 4) is 11.1 Å².